The molecule has 0 radical (unpaired) electrons. The number of halogens is 1. The van der Waals surface area contributed by atoms with Gasteiger partial charge in [0.15, 0.2) is 0 Å². The zero-order chi connectivity index (χ0) is 21.6. The first-order chi connectivity index (χ1) is 15.1. The van der Waals surface area contributed by atoms with E-state index in [1.165, 1.54) is 34.2 Å². The fourth-order valence-electron chi connectivity index (χ4n) is 4.22. The predicted molar refractivity (Wildman–Crippen MR) is 136 cm³/mol. The van der Waals surface area contributed by atoms with E-state index in [-0.39, 0.29) is 6.04 Å². The van der Waals surface area contributed by atoms with E-state index in [0.29, 0.717) is 5.92 Å². The van der Waals surface area contributed by atoms with Crippen molar-refractivity contribution in [2.24, 2.45) is 0 Å². The minimum atomic E-state index is 0.169. The number of rotatable bonds is 7. The van der Waals surface area contributed by atoms with Crippen LogP contribution in [0.4, 0.5) is 5.69 Å². The van der Waals surface area contributed by atoms with Gasteiger partial charge in [0.05, 0.1) is 6.04 Å². The van der Waals surface area contributed by atoms with Gasteiger partial charge in [-0.3, -0.25) is 0 Å². The highest BCUT2D eigenvalue weighted by Gasteiger charge is 2.10. The molecule has 1 unspecified atom stereocenters. The summed E-state index contributed by atoms with van der Waals surface area (Å²) in [4.78, 5) is 0. The smallest absolute Gasteiger partial charge is 0.0635 e. The maximum atomic E-state index is 6.14. The van der Waals surface area contributed by atoms with Crippen molar-refractivity contribution in [1.29, 1.82) is 0 Å². The molecule has 31 heavy (non-hydrogen) atoms. The van der Waals surface area contributed by atoms with Crippen LogP contribution in [0.1, 0.15) is 54.0 Å². The van der Waals surface area contributed by atoms with Gasteiger partial charge in [-0.15, -0.1) is 0 Å². The van der Waals surface area contributed by atoms with E-state index in [2.05, 4.69) is 92.0 Å². The van der Waals surface area contributed by atoms with Gasteiger partial charge in [0.25, 0.3) is 0 Å². The molecule has 0 bridgehead atoms. The molecule has 1 heterocycles. The number of aryl methyl sites for hydroxylation is 2. The molecule has 1 nitrogen and oxygen atoms in total. The van der Waals surface area contributed by atoms with Crippen LogP contribution in [0.5, 0.6) is 0 Å². The van der Waals surface area contributed by atoms with E-state index in [1.54, 1.807) is 0 Å². The van der Waals surface area contributed by atoms with E-state index in [9.17, 15) is 0 Å². The van der Waals surface area contributed by atoms with Gasteiger partial charge < -0.3 is 5.32 Å². The lowest BCUT2D eigenvalue weighted by Crippen LogP contribution is -2.17. The Labute approximate surface area is 191 Å². The number of hydrogen-bond acceptors (Lipinski definition) is 1. The second kappa shape index (κ2) is 10.0. The van der Waals surface area contributed by atoms with Crippen molar-refractivity contribution >= 4 is 29.4 Å². The molecule has 2 heteroatoms. The first kappa shape index (κ1) is 21.5. The number of hydrogen-bond donors (Lipinski definition) is 1. The largest absolute Gasteiger partial charge is 0.375 e. The Kier molecular flexibility index (Phi) is 6.94. The number of nitrogens with one attached hydrogen (secondary N) is 1. The molecule has 0 spiro atoms. The Morgan fingerprint density at radius 2 is 1.84 bits per heavy atom. The molecule has 4 rings (SSSR count). The number of anilines is 1. The zero-order valence-electron chi connectivity index (χ0n) is 18.3. The lowest BCUT2D eigenvalue weighted by molar-refractivity contribution is 0.783. The molecule has 158 valence electrons. The van der Waals surface area contributed by atoms with Crippen molar-refractivity contribution in [1.82, 2.24) is 0 Å². The van der Waals surface area contributed by atoms with Gasteiger partial charge in [-0.2, -0.15) is 0 Å². The van der Waals surface area contributed by atoms with Crippen LogP contribution in [0.3, 0.4) is 0 Å². The molecule has 0 amide bonds. The summed E-state index contributed by atoms with van der Waals surface area (Å²) in [6.45, 7) is 4.55. The van der Waals surface area contributed by atoms with Crippen molar-refractivity contribution in [3.8, 4) is 0 Å². The van der Waals surface area contributed by atoms with Crippen molar-refractivity contribution in [3.63, 3.8) is 0 Å². The highest BCUT2D eigenvalue weighted by Crippen LogP contribution is 2.27. The summed E-state index contributed by atoms with van der Waals surface area (Å²) in [5.41, 5.74) is 7.87. The summed E-state index contributed by atoms with van der Waals surface area (Å²) >= 11 is 6.14. The Bertz CT molecular complexity index is 1090. The summed E-state index contributed by atoms with van der Waals surface area (Å²) in [6.07, 6.45) is 12.1. The van der Waals surface area contributed by atoms with Crippen LogP contribution >= 0.6 is 11.6 Å². The zero-order valence-corrected chi connectivity index (χ0v) is 19.1. The van der Waals surface area contributed by atoms with Gasteiger partial charge >= 0.3 is 0 Å². The Morgan fingerprint density at radius 3 is 2.71 bits per heavy atom. The van der Waals surface area contributed by atoms with Gasteiger partial charge in [-0.25, -0.2) is 0 Å². The second-order valence-electron chi connectivity index (χ2n) is 8.57. The molecule has 0 aromatic heterocycles. The van der Waals surface area contributed by atoms with Gasteiger partial charge in [-0.1, -0.05) is 104 Å². The summed E-state index contributed by atoms with van der Waals surface area (Å²) in [5, 5.41) is 4.29. The lowest BCUT2D eigenvalue weighted by Gasteiger charge is -2.20. The summed E-state index contributed by atoms with van der Waals surface area (Å²) in [7, 11) is 0. The first-order valence-corrected chi connectivity index (χ1v) is 11.6. The molecule has 0 saturated carbocycles. The number of benzene rings is 3. The summed E-state index contributed by atoms with van der Waals surface area (Å²) in [6, 6.07) is 23.9. The van der Waals surface area contributed by atoms with Crippen LogP contribution in [0, 0.1) is 0 Å². The van der Waals surface area contributed by atoms with Crippen LogP contribution in [0.25, 0.3) is 12.2 Å². The summed E-state index contributed by atoms with van der Waals surface area (Å²) < 4.78 is 0. The standard InChI is InChI=1S/C29H30ClN/c1-21(2)28-12-4-3-10-24(28)11-6-9-22-7-5-8-23(19-22)13-17-27-18-15-25-14-16-26(30)20-29(25)31-27/h3-5,7-8,10,12-21,27,31H,6,9,11H2,1-2H3/b17-13+. The highest BCUT2D eigenvalue weighted by atomic mass is 35.5. The van der Waals surface area contributed by atoms with E-state index >= 15 is 0 Å². The van der Waals surface area contributed by atoms with Crippen molar-refractivity contribution in [2.45, 2.75) is 45.1 Å². The molecule has 3 aromatic rings. The molecule has 0 fully saturated rings. The van der Waals surface area contributed by atoms with E-state index in [4.69, 9.17) is 11.6 Å². The molecule has 3 aromatic carbocycles. The van der Waals surface area contributed by atoms with Crippen molar-refractivity contribution < 1.29 is 0 Å². The Morgan fingerprint density at radius 1 is 0.968 bits per heavy atom. The van der Waals surface area contributed by atoms with Crippen LogP contribution in [-0.4, -0.2) is 6.04 Å². The van der Waals surface area contributed by atoms with Crippen LogP contribution < -0.4 is 5.32 Å². The predicted octanol–water partition coefficient (Wildman–Crippen LogP) is 8.16. The Hall–Kier alpha value is -2.77. The molecule has 1 aliphatic rings. The third-order valence-electron chi connectivity index (χ3n) is 5.86. The van der Waals surface area contributed by atoms with Crippen molar-refractivity contribution in [3.05, 3.63) is 112 Å². The Balaban J connectivity index is 1.36. The van der Waals surface area contributed by atoms with E-state index < -0.39 is 0 Å². The number of fused-ring (bicyclic) bond motifs is 1. The third-order valence-corrected chi connectivity index (χ3v) is 6.09. The monoisotopic (exact) mass is 427 g/mol. The normalized spacial score (nSPS) is 15.3. The van der Waals surface area contributed by atoms with Crippen LogP contribution in [-0.2, 0) is 12.8 Å². The molecule has 1 N–H and O–H groups in total. The van der Waals surface area contributed by atoms with Gasteiger partial charge in [0, 0.05) is 10.7 Å². The molecular weight excluding hydrogens is 398 g/mol. The third kappa shape index (κ3) is 5.68. The fourth-order valence-corrected chi connectivity index (χ4v) is 4.39. The minimum Gasteiger partial charge on any atom is -0.375 e. The average Bonchev–Trinajstić information content (AvgIpc) is 2.78. The molecule has 0 aliphatic carbocycles. The summed E-state index contributed by atoms with van der Waals surface area (Å²) in [5.74, 6) is 0.579. The van der Waals surface area contributed by atoms with E-state index in [0.717, 1.165) is 23.6 Å². The maximum absolute atomic E-state index is 6.14. The quantitative estimate of drug-likeness (QED) is 0.401. The van der Waals surface area contributed by atoms with E-state index in [1.807, 2.05) is 18.2 Å². The van der Waals surface area contributed by atoms with Crippen molar-refractivity contribution in [2.75, 3.05) is 5.32 Å². The molecule has 1 aliphatic heterocycles. The lowest BCUT2D eigenvalue weighted by atomic mass is 9.93. The van der Waals surface area contributed by atoms with Gasteiger partial charge in [0.2, 0.25) is 0 Å². The second-order valence-corrected chi connectivity index (χ2v) is 9.01. The average molecular weight is 428 g/mol. The maximum Gasteiger partial charge on any atom is 0.0635 e. The minimum absolute atomic E-state index is 0.169. The van der Waals surface area contributed by atoms with Gasteiger partial charge in [0.1, 0.15) is 0 Å². The fraction of sp³-hybridized carbons (Fsp3) is 0.241. The topological polar surface area (TPSA) is 12.0 Å². The van der Waals surface area contributed by atoms with Crippen LogP contribution in [0.2, 0.25) is 5.02 Å². The SMILES string of the molecule is CC(C)c1ccccc1CCCc1cccc(/C=C/C2C=Cc3ccc(Cl)cc3N2)c1. The first-order valence-electron chi connectivity index (χ1n) is 11.2. The molecule has 1 atom stereocenters. The van der Waals surface area contributed by atoms with Gasteiger partial charge in [-0.05, 0) is 65.1 Å². The highest BCUT2D eigenvalue weighted by molar-refractivity contribution is 6.31. The molecule has 0 saturated heterocycles. The molecular formula is C29H30ClN. The van der Waals surface area contributed by atoms with Crippen LogP contribution in [0.15, 0.2) is 78.9 Å².